The van der Waals surface area contributed by atoms with Crippen molar-refractivity contribution < 1.29 is 0 Å². The van der Waals surface area contributed by atoms with Crippen molar-refractivity contribution in [1.82, 2.24) is 9.13 Å². The highest BCUT2D eigenvalue weighted by molar-refractivity contribution is 6.04. The first kappa shape index (κ1) is 58.9. The molecular weight excluding hydrogens is 1190 g/mol. The fourth-order valence-corrected chi connectivity index (χ4v) is 14.4. The summed E-state index contributed by atoms with van der Waals surface area (Å²) in [6.45, 7) is 4.36. The number of nitrogens with zero attached hydrogens (tertiary/aromatic N) is 6. The van der Waals surface area contributed by atoms with E-state index in [9.17, 15) is 0 Å². The van der Waals surface area contributed by atoms with Gasteiger partial charge in [-0.15, -0.1) is 0 Å². The summed E-state index contributed by atoms with van der Waals surface area (Å²) in [6.07, 6.45) is 0. The number of aromatic nitrogens is 2. The molecule has 0 radical (unpaired) electrons. The first-order chi connectivity index (χ1) is 48.4. The second-order valence-corrected chi connectivity index (χ2v) is 25.2. The molecule has 466 valence electrons. The Morgan fingerprint density at radius 2 is 0.480 bits per heavy atom. The molecule has 0 amide bonds. The lowest BCUT2D eigenvalue weighted by Crippen LogP contribution is -2.12. The second kappa shape index (κ2) is 25.4. The fraction of sp³-hybridized carbons (Fsp3) is 0.0217. The molecule has 0 saturated carbocycles. The molecule has 98 heavy (non-hydrogen) atoms. The van der Waals surface area contributed by atoms with Crippen molar-refractivity contribution in [3.8, 4) is 33.9 Å². The smallest absolute Gasteiger partial charge is 0.0542 e. The highest BCUT2D eigenvalue weighted by Gasteiger charge is 2.24. The van der Waals surface area contributed by atoms with Crippen molar-refractivity contribution in [2.75, 3.05) is 19.6 Å². The molecule has 0 aliphatic carbocycles. The highest BCUT2D eigenvalue weighted by Crippen LogP contribution is 2.46. The third-order valence-electron chi connectivity index (χ3n) is 18.9. The number of rotatable bonds is 16. The van der Waals surface area contributed by atoms with Crippen molar-refractivity contribution in [3.63, 3.8) is 0 Å². The minimum Gasteiger partial charge on any atom is -0.311 e. The lowest BCUT2D eigenvalue weighted by Gasteiger charge is -2.29. The van der Waals surface area contributed by atoms with Gasteiger partial charge in [-0.3, -0.25) is 0 Å². The molecule has 0 bridgehead atoms. The summed E-state index contributed by atoms with van der Waals surface area (Å²) >= 11 is 0. The summed E-state index contributed by atoms with van der Waals surface area (Å²) in [5.74, 6) is 0. The largest absolute Gasteiger partial charge is 0.311 e. The van der Waals surface area contributed by atoms with Gasteiger partial charge in [-0.05, 0) is 230 Å². The summed E-state index contributed by atoms with van der Waals surface area (Å²) in [5, 5.41) is 7.00. The van der Waals surface area contributed by atoms with Gasteiger partial charge in [0.15, 0.2) is 0 Å². The zero-order valence-electron chi connectivity index (χ0n) is 54.5. The Kier molecular flexibility index (Phi) is 15.3. The van der Waals surface area contributed by atoms with Gasteiger partial charge in [-0.25, -0.2) is 0 Å². The zero-order chi connectivity index (χ0) is 65.5. The van der Waals surface area contributed by atoms with Crippen LogP contribution in [-0.4, -0.2) is 9.13 Å². The Morgan fingerprint density at radius 3 is 0.816 bits per heavy atom. The Balaban J connectivity index is 0.784. The number of aryl methyl sites for hydroxylation is 2. The average molecular weight is 1260 g/mol. The number of fused-ring (bicyclic) bond motifs is 4. The zero-order valence-corrected chi connectivity index (χ0v) is 54.5. The van der Waals surface area contributed by atoms with E-state index in [1.54, 1.807) is 0 Å². The minimum absolute atomic E-state index is 1.05. The van der Waals surface area contributed by atoms with Crippen LogP contribution in [0.5, 0.6) is 0 Å². The third-order valence-corrected chi connectivity index (χ3v) is 18.9. The van der Waals surface area contributed by atoms with Gasteiger partial charge in [0, 0.05) is 89.8 Å². The van der Waals surface area contributed by atoms with Gasteiger partial charge in [0.2, 0.25) is 0 Å². The van der Waals surface area contributed by atoms with Gasteiger partial charge in [-0.2, -0.15) is 0 Å². The monoisotopic (exact) mass is 1260 g/mol. The van der Waals surface area contributed by atoms with Crippen molar-refractivity contribution in [2.24, 2.45) is 0 Å². The third kappa shape index (κ3) is 11.1. The Hall–Kier alpha value is -12.9. The quantitative estimate of drug-likeness (QED) is 0.0962. The van der Waals surface area contributed by atoms with Crippen molar-refractivity contribution in [2.45, 2.75) is 13.8 Å². The summed E-state index contributed by atoms with van der Waals surface area (Å²) < 4.78 is 4.92. The van der Waals surface area contributed by atoms with E-state index in [0.29, 0.717) is 0 Å². The Labute approximate surface area is 571 Å². The fourth-order valence-electron chi connectivity index (χ4n) is 14.4. The van der Waals surface area contributed by atoms with E-state index in [1.807, 2.05) is 0 Å². The maximum absolute atomic E-state index is 2.46. The summed E-state index contributed by atoms with van der Waals surface area (Å²) in [4.78, 5) is 9.42. The molecule has 0 aliphatic rings. The topological polar surface area (TPSA) is 22.8 Å². The van der Waals surface area contributed by atoms with E-state index in [2.05, 4.69) is 419 Å². The minimum atomic E-state index is 1.05. The van der Waals surface area contributed by atoms with Gasteiger partial charge in [0.25, 0.3) is 0 Å². The van der Waals surface area contributed by atoms with Crippen molar-refractivity contribution in [3.05, 3.63) is 387 Å². The molecule has 2 heterocycles. The number of anilines is 12. The highest BCUT2D eigenvalue weighted by atomic mass is 15.2. The molecule has 0 saturated heterocycles. The van der Waals surface area contributed by atoms with Crippen LogP contribution in [0.3, 0.4) is 0 Å². The van der Waals surface area contributed by atoms with E-state index in [1.165, 1.54) is 32.7 Å². The van der Waals surface area contributed by atoms with Crippen LogP contribution in [0.15, 0.2) is 376 Å². The standard InChI is InChI=1S/C92H68N6/c1-65-23-19-29-69(59-65)89-61-71-63-92-72(64-91(71)97(89)83-55-51-81(52-56-83)95(87-41-21-27-67-25-15-17-39-85(67)87)79-47-43-77(44-48-79)93(73-31-7-3-8-32-73)74-33-9-4-10-34-74)62-90(70-30-20-24-66(2)60-70)98(92)84-57-53-82(54-58-84)96(88-42-22-28-68-26-16-18-40-86(68)88)80-49-45-78(46-50-80)94(75-35-11-5-12-36-75)76-37-13-6-14-38-76/h3-64H,1-2H3. The number of hydrogen-bond donors (Lipinski definition) is 0. The number of para-hydroxylation sites is 4. The SMILES string of the molecule is Cc1cccc(-c2cc3cc4c(cc(-c5cccc(C)c5)n4-c4ccc(N(c5ccc(N(c6ccccc6)c6ccccc6)cc5)c5cccc6ccccc56)cc4)cc3n2-c2ccc(N(c3ccc(N(c4ccccc4)c4ccccc4)cc3)c3cccc4ccccc34)cc2)c1. The first-order valence-corrected chi connectivity index (χ1v) is 33.5. The average Bonchev–Trinajstić information content (AvgIpc) is 1.54. The number of benzene rings is 15. The molecule has 0 unspecified atom stereocenters. The number of hydrogen-bond acceptors (Lipinski definition) is 4. The molecule has 0 atom stereocenters. The summed E-state index contributed by atoms with van der Waals surface area (Å²) in [5.41, 5.74) is 24.3. The van der Waals surface area contributed by atoms with E-state index in [-0.39, 0.29) is 0 Å². The van der Waals surface area contributed by atoms with Gasteiger partial charge < -0.3 is 28.7 Å². The molecule has 15 aromatic carbocycles. The molecule has 6 heteroatoms. The molecule has 0 N–H and O–H groups in total. The normalized spacial score (nSPS) is 11.4. The van der Waals surface area contributed by atoms with Crippen LogP contribution in [0.2, 0.25) is 0 Å². The molecule has 17 rings (SSSR count). The molecular formula is C92H68N6. The van der Waals surface area contributed by atoms with Crippen LogP contribution in [-0.2, 0) is 0 Å². The van der Waals surface area contributed by atoms with Crippen LogP contribution in [0.1, 0.15) is 11.1 Å². The van der Waals surface area contributed by atoms with Gasteiger partial charge in [0.05, 0.1) is 33.8 Å². The van der Waals surface area contributed by atoms with E-state index < -0.39 is 0 Å². The maximum atomic E-state index is 2.46. The first-order valence-electron chi connectivity index (χ1n) is 33.5. The molecule has 2 aromatic heterocycles. The van der Waals surface area contributed by atoms with Crippen LogP contribution < -0.4 is 19.6 Å². The van der Waals surface area contributed by atoms with Crippen LogP contribution >= 0.6 is 0 Å². The Morgan fingerprint density at radius 1 is 0.204 bits per heavy atom. The molecule has 0 spiro atoms. The predicted molar refractivity (Wildman–Crippen MR) is 414 cm³/mol. The van der Waals surface area contributed by atoms with Crippen LogP contribution in [0.4, 0.5) is 68.2 Å². The molecule has 0 fully saturated rings. The van der Waals surface area contributed by atoms with Crippen LogP contribution in [0.25, 0.3) is 77.2 Å². The lowest BCUT2D eigenvalue weighted by molar-refractivity contribution is 1.13. The second-order valence-electron chi connectivity index (χ2n) is 25.2. The summed E-state index contributed by atoms with van der Waals surface area (Å²) in [6, 6.07) is 137. The Bertz CT molecular complexity index is 5240. The van der Waals surface area contributed by atoms with E-state index in [4.69, 9.17) is 0 Å². The van der Waals surface area contributed by atoms with Crippen molar-refractivity contribution in [1.29, 1.82) is 0 Å². The van der Waals surface area contributed by atoms with E-state index >= 15 is 0 Å². The predicted octanol–water partition coefficient (Wildman–Crippen LogP) is 25.7. The molecule has 6 nitrogen and oxygen atoms in total. The van der Waals surface area contributed by atoms with Gasteiger partial charge in [0.1, 0.15) is 0 Å². The molecule has 17 aromatic rings. The van der Waals surface area contributed by atoms with Gasteiger partial charge >= 0.3 is 0 Å². The maximum Gasteiger partial charge on any atom is 0.0542 e. The van der Waals surface area contributed by atoms with Gasteiger partial charge in [-0.1, -0.05) is 193 Å². The van der Waals surface area contributed by atoms with E-state index in [0.717, 1.165) is 124 Å². The lowest BCUT2D eigenvalue weighted by atomic mass is 10.1. The van der Waals surface area contributed by atoms with Crippen molar-refractivity contribution >= 4 is 112 Å². The van der Waals surface area contributed by atoms with Crippen LogP contribution in [0, 0.1) is 13.8 Å². The molecule has 0 aliphatic heterocycles. The summed E-state index contributed by atoms with van der Waals surface area (Å²) in [7, 11) is 0.